The number of halogens is 2. The summed E-state index contributed by atoms with van der Waals surface area (Å²) >= 11 is 0. The Morgan fingerprint density at radius 1 is 0.696 bits per heavy atom. The SMILES string of the molecule is FC(F)c1cc(-c2cccc3ccccc23)c2ccccc2n1. The van der Waals surface area contributed by atoms with Crippen LogP contribution in [0.4, 0.5) is 8.78 Å². The van der Waals surface area contributed by atoms with Crippen LogP contribution in [0, 0.1) is 0 Å². The van der Waals surface area contributed by atoms with Crippen LogP contribution in [-0.2, 0) is 0 Å². The predicted octanol–water partition coefficient (Wildman–Crippen LogP) is 5.99. The van der Waals surface area contributed by atoms with E-state index in [0.717, 1.165) is 27.3 Å². The summed E-state index contributed by atoms with van der Waals surface area (Å²) < 4.78 is 26.5. The van der Waals surface area contributed by atoms with Crippen molar-refractivity contribution in [3.8, 4) is 11.1 Å². The van der Waals surface area contributed by atoms with E-state index in [1.165, 1.54) is 6.07 Å². The third-order valence-electron chi connectivity index (χ3n) is 4.04. The van der Waals surface area contributed by atoms with Gasteiger partial charge in [-0.2, -0.15) is 0 Å². The minimum absolute atomic E-state index is 0.188. The second-order valence-corrected chi connectivity index (χ2v) is 5.44. The monoisotopic (exact) mass is 305 g/mol. The molecule has 0 N–H and O–H groups in total. The molecule has 1 heterocycles. The Morgan fingerprint density at radius 3 is 2.22 bits per heavy atom. The van der Waals surface area contributed by atoms with Crippen molar-refractivity contribution in [2.24, 2.45) is 0 Å². The molecule has 0 saturated carbocycles. The minimum Gasteiger partial charge on any atom is -0.247 e. The summed E-state index contributed by atoms with van der Waals surface area (Å²) in [5.41, 5.74) is 2.14. The Kier molecular flexibility index (Phi) is 3.27. The van der Waals surface area contributed by atoms with E-state index in [-0.39, 0.29) is 5.69 Å². The van der Waals surface area contributed by atoms with Gasteiger partial charge in [-0.15, -0.1) is 0 Å². The molecule has 0 aliphatic carbocycles. The Labute approximate surface area is 132 Å². The molecule has 23 heavy (non-hydrogen) atoms. The van der Waals surface area contributed by atoms with Crippen molar-refractivity contribution >= 4 is 21.7 Å². The fraction of sp³-hybridized carbons (Fsp3) is 0.0500. The molecule has 0 aliphatic rings. The number of benzene rings is 3. The molecule has 3 aromatic carbocycles. The number of hydrogen-bond donors (Lipinski definition) is 0. The highest BCUT2D eigenvalue weighted by atomic mass is 19.3. The van der Waals surface area contributed by atoms with Crippen LogP contribution in [0.2, 0.25) is 0 Å². The third kappa shape index (κ3) is 2.34. The Morgan fingerprint density at radius 2 is 1.39 bits per heavy atom. The topological polar surface area (TPSA) is 12.9 Å². The average Bonchev–Trinajstić information content (AvgIpc) is 2.60. The van der Waals surface area contributed by atoms with Crippen LogP contribution in [0.3, 0.4) is 0 Å². The highest BCUT2D eigenvalue weighted by molar-refractivity contribution is 6.04. The van der Waals surface area contributed by atoms with Gasteiger partial charge in [-0.05, 0) is 34.0 Å². The standard InChI is InChI=1S/C20H13F2N/c21-20(22)19-12-17(16-9-3-4-11-18(16)23-19)15-10-5-7-13-6-1-2-8-14(13)15/h1-12,20H. The summed E-state index contributed by atoms with van der Waals surface area (Å²) in [4.78, 5) is 4.09. The summed E-state index contributed by atoms with van der Waals surface area (Å²) in [6.07, 6.45) is -2.59. The average molecular weight is 305 g/mol. The van der Waals surface area contributed by atoms with Gasteiger partial charge in [0.25, 0.3) is 6.43 Å². The molecule has 0 bridgehead atoms. The van der Waals surface area contributed by atoms with Gasteiger partial charge in [0.15, 0.2) is 0 Å². The van der Waals surface area contributed by atoms with Gasteiger partial charge in [0.05, 0.1) is 5.52 Å². The maximum Gasteiger partial charge on any atom is 0.280 e. The normalized spacial score (nSPS) is 11.4. The summed E-state index contributed by atoms with van der Waals surface area (Å²) in [6.45, 7) is 0. The molecule has 0 aliphatic heterocycles. The zero-order chi connectivity index (χ0) is 15.8. The van der Waals surface area contributed by atoms with E-state index in [0.29, 0.717) is 5.52 Å². The molecule has 0 unspecified atom stereocenters. The molecular weight excluding hydrogens is 292 g/mol. The van der Waals surface area contributed by atoms with Crippen molar-refractivity contribution in [3.05, 3.63) is 78.5 Å². The van der Waals surface area contributed by atoms with Crippen LogP contribution in [0.1, 0.15) is 12.1 Å². The zero-order valence-corrected chi connectivity index (χ0v) is 12.2. The van der Waals surface area contributed by atoms with Crippen LogP contribution in [0.15, 0.2) is 72.8 Å². The molecule has 0 spiro atoms. The molecule has 0 saturated heterocycles. The first kappa shape index (κ1) is 13.8. The quantitative estimate of drug-likeness (QED) is 0.443. The summed E-state index contributed by atoms with van der Waals surface area (Å²) in [5, 5.41) is 3.02. The van der Waals surface area contributed by atoms with E-state index in [4.69, 9.17) is 0 Å². The summed E-state index contributed by atoms with van der Waals surface area (Å²) in [5.74, 6) is 0. The Bertz CT molecular complexity index is 1000. The lowest BCUT2D eigenvalue weighted by Gasteiger charge is -2.12. The van der Waals surface area contributed by atoms with Crippen molar-refractivity contribution in [1.82, 2.24) is 4.98 Å². The zero-order valence-electron chi connectivity index (χ0n) is 12.2. The van der Waals surface area contributed by atoms with Crippen LogP contribution in [-0.4, -0.2) is 4.98 Å². The number of hydrogen-bond acceptors (Lipinski definition) is 1. The van der Waals surface area contributed by atoms with Gasteiger partial charge in [-0.1, -0.05) is 60.7 Å². The molecule has 0 amide bonds. The van der Waals surface area contributed by atoms with Gasteiger partial charge in [-0.25, -0.2) is 13.8 Å². The van der Waals surface area contributed by atoms with Crippen LogP contribution < -0.4 is 0 Å². The molecule has 1 aromatic heterocycles. The minimum atomic E-state index is -2.59. The predicted molar refractivity (Wildman–Crippen MR) is 89.6 cm³/mol. The van der Waals surface area contributed by atoms with Gasteiger partial charge < -0.3 is 0 Å². The highest BCUT2D eigenvalue weighted by Gasteiger charge is 2.15. The molecule has 3 heteroatoms. The first-order valence-electron chi connectivity index (χ1n) is 7.40. The van der Waals surface area contributed by atoms with Gasteiger partial charge in [0, 0.05) is 5.39 Å². The molecule has 4 rings (SSSR count). The second-order valence-electron chi connectivity index (χ2n) is 5.44. The van der Waals surface area contributed by atoms with E-state index >= 15 is 0 Å². The first-order chi connectivity index (χ1) is 11.2. The number of aromatic nitrogens is 1. The summed E-state index contributed by atoms with van der Waals surface area (Å²) in [6, 6.07) is 22.9. The van der Waals surface area contributed by atoms with Crippen LogP contribution >= 0.6 is 0 Å². The van der Waals surface area contributed by atoms with Crippen LogP contribution in [0.25, 0.3) is 32.8 Å². The molecule has 0 atom stereocenters. The number of para-hydroxylation sites is 1. The lowest BCUT2D eigenvalue weighted by molar-refractivity contribution is 0.146. The van der Waals surface area contributed by atoms with Gasteiger partial charge in [-0.3, -0.25) is 0 Å². The van der Waals surface area contributed by atoms with Gasteiger partial charge in [0.1, 0.15) is 5.69 Å². The number of pyridine rings is 1. The van der Waals surface area contributed by atoms with E-state index in [1.54, 1.807) is 6.07 Å². The third-order valence-corrected chi connectivity index (χ3v) is 4.04. The Hall–Kier alpha value is -2.81. The second kappa shape index (κ2) is 5.43. The van der Waals surface area contributed by atoms with Crippen LogP contribution in [0.5, 0.6) is 0 Å². The van der Waals surface area contributed by atoms with Crippen molar-refractivity contribution in [3.63, 3.8) is 0 Å². The number of rotatable bonds is 2. The first-order valence-corrected chi connectivity index (χ1v) is 7.40. The maximum absolute atomic E-state index is 13.2. The fourth-order valence-corrected chi connectivity index (χ4v) is 2.99. The van der Waals surface area contributed by atoms with E-state index in [1.807, 2.05) is 60.7 Å². The summed E-state index contributed by atoms with van der Waals surface area (Å²) in [7, 11) is 0. The maximum atomic E-state index is 13.2. The number of fused-ring (bicyclic) bond motifs is 2. The molecule has 0 radical (unpaired) electrons. The van der Waals surface area contributed by atoms with E-state index in [9.17, 15) is 8.78 Å². The lowest BCUT2D eigenvalue weighted by Crippen LogP contribution is -1.94. The molecule has 4 aromatic rings. The molecule has 1 nitrogen and oxygen atoms in total. The Balaban J connectivity index is 2.11. The van der Waals surface area contributed by atoms with Crippen molar-refractivity contribution in [2.45, 2.75) is 6.43 Å². The van der Waals surface area contributed by atoms with E-state index < -0.39 is 6.43 Å². The lowest BCUT2D eigenvalue weighted by atomic mass is 9.95. The largest absolute Gasteiger partial charge is 0.280 e. The van der Waals surface area contributed by atoms with Gasteiger partial charge in [0.2, 0.25) is 0 Å². The van der Waals surface area contributed by atoms with Gasteiger partial charge >= 0.3 is 0 Å². The van der Waals surface area contributed by atoms with E-state index in [2.05, 4.69) is 4.98 Å². The number of nitrogens with zero attached hydrogens (tertiary/aromatic N) is 1. The fourth-order valence-electron chi connectivity index (χ4n) is 2.99. The van der Waals surface area contributed by atoms with Crippen molar-refractivity contribution < 1.29 is 8.78 Å². The molecular formula is C20H13F2N. The van der Waals surface area contributed by atoms with Crippen molar-refractivity contribution in [2.75, 3.05) is 0 Å². The molecule has 112 valence electrons. The highest BCUT2D eigenvalue weighted by Crippen LogP contribution is 2.35. The molecule has 0 fully saturated rings. The smallest absolute Gasteiger partial charge is 0.247 e. The van der Waals surface area contributed by atoms with Crippen molar-refractivity contribution in [1.29, 1.82) is 0 Å². The number of alkyl halides is 2.